The first kappa shape index (κ1) is 18.0. The van der Waals surface area contributed by atoms with Gasteiger partial charge in [0, 0.05) is 0 Å². The van der Waals surface area contributed by atoms with Crippen LogP contribution in [-0.2, 0) is 4.79 Å². The number of carbonyl (C=O) groups is 1. The Morgan fingerprint density at radius 2 is 1.83 bits per heavy atom. The smallest absolute Gasteiger partial charge is 0.221 e. The first-order chi connectivity index (χ1) is 10.6. The molecule has 1 saturated heterocycles. The molecule has 126 valence electrons. The van der Waals surface area contributed by atoms with Crippen LogP contribution >= 0.6 is 0 Å². The lowest BCUT2D eigenvalue weighted by Gasteiger charge is -2.59. The minimum atomic E-state index is -1.94. The van der Waals surface area contributed by atoms with E-state index >= 15 is 0 Å². The van der Waals surface area contributed by atoms with Crippen LogP contribution in [0.4, 0.5) is 0 Å². The quantitative estimate of drug-likeness (QED) is 0.501. The number of aliphatic hydroxyl groups excluding tert-OH is 1. The number of hydrogen-bond donors (Lipinski definition) is 1. The van der Waals surface area contributed by atoms with Crippen molar-refractivity contribution in [2.75, 3.05) is 6.61 Å². The summed E-state index contributed by atoms with van der Waals surface area (Å²) >= 11 is 0. The fourth-order valence-corrected chi connectivity index (χ4v) is 5.60. The van der Waals surface area contributed by atoms with Crippen molar-refractivity contribution in [1.82, 2.24) is 4.57 Å². The van der Waals surface area contributed by atoms with Gasteiger partial charge in [0.2, 0.25) is 5.91 Å². The van der Waals surface area contributed by atoms with Gasteiger partial charge in [-0.2, -0.15) is 0 Å². The summed E-state index contributed by atoms with van der Waals surface area (Å²) in [6, 6.07) is 10.4. The molecular formula is C19H29NO2Si. The summed E-state index contributed by atoms with van der Waals surface area (Å²) in [5.41, 5.74) is 1.92. The van der Waals surface area contributed by atoms with E-state index in [1.54, 1.807) is 0 Å². The summed E-state index contributed by atoms with van der Waals surface area (Å²) in [4.78, 5) is 12.9. The minimum absolute atomic E-state index is 0.0502. The average molecular weight is 332 g/mol. The van der Waals surface area contributed by atoms with E-state index in [9.17, 15) is 9.90 Å². The molecule has 1 N–H and O–H groups in total. The first-order valence-electron chi connectivity index (χ1n) is 8.27. The van der Waals surface area contributed by atoms with Gasteiger partial charge in [-0.15, -0.1) is 0 Å². The molecule has 1 fully saturated rings. The zero-order valence-electron chi connectivity index (χ0n) is 15.0. The number of β-lactam (4-membered cyclic amide) rings is 1. The molecule has 0 aliphatic carbocycles. The van der Waals surface area contributed by atoms with E-state index < -0.39 is 8.24 Å². The topological polar surface area (TPSA) is 40.5 Å². The molecule has 0 bridgehead atoms. The molecule has 1 heterocycles. The molecule has 3 nitrogen and oxygen atoms in total. The molecule has 0 unspecified atom stereocenters. The van der Waals surface area contributed by atoms with Crippen molar-refractivity contribution < 1.29 is 9.90 Å². The highest BCUT2D eigenvalue weighted by molar-refractivity contribution is 6.80. The molecule has 23 heavy (non-hydrogen) atoms. The van der Waals surface area contributed by atoms with Gasteiger partial charge in [0.1, 0.15) is 0 Å². The Morgan fingerprint density at radius 3 is 2.30 bits per heavy atom. The van der Waals surface area contributed by atoms with Crippen LogP contribution < -0.4 is 0 Å². The van der Waals surface area contributed by atoms with E-state index in [-0.39, 0.29) is 29.5 Å². The van der Waals surface area contributed by atoms with Crippen LogP contribution in [0.5, 0.6) is 0 Å². The fourth-order valence-electron chi connectivity index (χ4n) is 3.14. The molecular weight excluding hydrogens is 302 g/mol. The van der Waals surface area contributed by atoms with Gasteiger partial charge >= 0.3 is 0 Å². The van der Waals surface area contributed by atoms with Crippen molar-refractivity contribution in [3.05, 3.63) is 48.0 Å². The highest BCUT2D eigenvalue weighted by Gasteiger charge is 2.57. The largest absolute Gasteiger partial charge is 0.392 e. The summed E-state index contributed by atoms with van der Waals surface area (Å²) in [6.45, 7) is 15.1. The number of nitrogens with zero attached hydrogens (tertiary/aromatic N) is 1. The van der Waals surface area contributed by atoms with Crippen molar-refractivity contribution >= 4 is 14.1 Å². The zero-order valence-corrected chi connectivity index (χ0v) is 16.0. The maximum absolute atomic E-state index is 12.9. The Labute approximate surface area is 141 Å². The molecule has 0 saturated carbocycles. The summed E-state index contributed by atoms with van der Waals surface area (Å²) in [6.07, 6.45) is 0.569. The molecule has 1 aromatic carbocycles. The van der Waals surface area contributed by atoms with Crippen LogP contribution in [0.25, 0.3) is 0 Å². The third-order valence-corrected chi connectivity index (χ3v) is 10.9. The van der Waals surface area contributed by atoms with E-state index in [1.807, 2.05) is 18.2 Å². The van der Waals surface area contributed by atoms with Gasteiger partial charge in [0.25, 0.3) is 0 Å². The van der Waals surface area contributed by atoms with Crippen molar-refractivity contribution in [2.45, 2.75) is 51.4 Å². The van der Waals surface area contributed by atoms with E-state index in [4.69, 9.17) is 0 Å². The molecule has 1 aromatic rings. The maximum Gasteiger partial charge on any atom is 0.221 e. The number of amides is 1. The molecule has 4 heteroatoms. The third kappa shape index (κ3) is 3.15. The predicted molar refractivity (Wildman–Crippen MR) is 97.6 cm³/mol. The second-order valence-corrected chi connectivity index (χ2v) is 13.2. The molecule has 2 atom stereocenters. The van der Waals surface area contributed by atoms with Gasteiger partial charge in [0.05, 0.1) is 18.6 Å². The summed E-state index contributed by atoms with van der Waals surface area (Å²) in [7, 11) is -1.94. The van der Waals surface area contributed by atoms with Gasteiger partial charge in [-0.05, 0) is 17.0 Å². The number of hydrogen-bond acceptors (Lipinski definition) is 2. The lowest BCUT2D eigenvalue weighted by Crippen LogP contribution is -2.68. The third-order valence-electron chi connectivity index (χ3n) is 5.52. The van der Waals surface area contributed by atoms with Crippen LogP contribution in [0, 0.1) is 5.92 Å². The van der Waals surface area contributed by atoms with Crippen LogP contribution in [0.1, 0.15) is 38.8 Å². The van der Waals surface area contributed by atoms with E-state index in [1.165, 1.54) is 5.56 Å². The Bertz CT molecular complexity index is 589. The highest BCUT2D eigenvalue weighted by Crippen LogP contribution is 2.51. The van der Waals surface area contributed by atoms with Crippen LogP contribution in [0.3, 0.4) is 0 Å². The Balaban J connectivity index is 2.39. The molecule has 1 aliphatic heterocycles. The number of benzene rings is 1. The Kier molecular flexibility index (Phi) is 4.88. The van der Waals surface area contributed by atoms with Gasteiger partial charge in [-0.25, -0.2) is 0 Å². The Morgan fingerprint density at radius 1 is 1.26 bits per heavy atom. The molecule has 0 spiro atoms. The SMILES string of the molecule is C=C(CO)C[C@@H]1C(=O)N([Si](C)(C)C(C)(C)C)[C@H]1c1ccccc1. The minimum Gasteiger partial charge on any atom is -0.392 e. The number of rotatable bonds is 5. The second kappa shape index (κ2) is 6.25. The summed E-state index contributed by atoms with van der Waals surface area (Å²) in [5, 5.41) is 9.39. The molecule has 2 rings (SSSR count). The highest BCUT2D eigenvalue weighted by atomic mass is 28.3. The maximum atomic E-state index is 12.9. The van der Waals surface area contributed by atoms with Gasteiger partial charge in [0.15, 0.2) is 8.24 Å². The monoisotopic (exact) mass is 331 g/mol. The summed E-state index contributed by atoms with van der Waals surface area (Å²) < 4.78 is 2.16. The standard InChI is InChI=1S/C19H29NO2Si/c1-14(13-21)12-16-17(15-10-8-7-9-11-15)20(18(16)22)23(5,6)19(2,3)4/h7-11,16-17,21H,1,12-13H2,2-6H3/t16-,17-/m0/s1. The van der Waals surface area contributed by atoms with Crippen LogP contribution in [-0.4, -0.2) is 30.4 Å². The fraction of sp³-hybridized carbons (Fsp3) is 0.526. The number of aliphatic hydroxyl groups is 1. The van der Waals surface area contributed by atoms with E-state index in [0.29, 0.717) is 6.42 Å². The lowest BCUT2D eigenvalue weighted by atomic mass is 9.81. The molecule has 0 aromatic heterocycles. The predicted octanol–water partition coefficient (Wildman–Crippen LogP) is 4.13. The Hall–Kier alpha value is -1.39. The van der Waals surface area contributed by atoms with Gasteiger partial charge in [-0.1, -0.05) is 76.3 Å². The van der Waals surface area contributed by atoms with Crippen molar-refractivity contribution in [3.63, 3.8) is 0 Å². The van der Waals surface area contributed by atoms with Crippen molar-refractivity contribution in [3.8, 4) is 0 Å². The van der Waals surface area contributed by atoms with Crippen LogP contribution in [0.2, 0.25) is 18.1 Å². The first-order valence-corrected chi connectivity index (χ1v) is 11.2. The second-order valence-electron chi connectivity index (χ2n) is 8.09. The van der Waals surface area contributed by atoms with E-state index in [2.05, 4.69) is 57.1 Å². The van der Waals surface area contributed by atoms with E-state index in [0.717, 1.165) is 5.57 Å². The summed E-state index contributed by atoms with van der Waals surface area (Å²) in [5.74, 6) is 0.131. The van der Waals surface area contributed by atoms with Gasteiger partial charge < -0.3 is 9.67 Å². The normalized spacial score (nSPS) is 22.0. The van der Waals surface area contributed by atoms with Crippen molar-refractivity contribution in [1.29, 1.82) is 0 Å². The number of carbonyl (C=O) groups excluding carboxylic acids is 1. The molecule has 0 radical (unpaired) electrons. The lowest BCUT2D eigenvalue weighted by molar-refractivity contribution is -0.148. The van der Waals surface area contributed by atoms with Crippen LogP contribution in [0.15, 0.2) is 42.5 Å². The zero-order chi connectivity index (χ0) is 17.4. The van der Waals surface area contributed by atoms with Gasteiger partial charge in [-0.3, -0.25) is 4.79 Å². The molecule has 1 aliphatic rings. The molecule has 1 amide bonds. The average Bonchev–Trinajstić information content (AvgIpc) is 2.48. The van der Waals surface area contributed by atoms with Crippen molar-refractivity contribution in [2.24, 2.45) is 5.92 Å².